The third kappa shape index (κ3) is 5.11. The van der Waals surface area contributed by atoms with E-state index in [1.165, 1.54) is 6.07 Å². The normalized spacial score (nSPS) is 14.8. The number of aromatic nitrogens is 5. The van der Waals surface area contributed by atoms with Gasteiger partial charge in [-0.1, -0.05) is 17.3 Å². The van der Waals surface area contributed by atoms with E-state index < -0.39 is 12.3 Å². The number of alkyl halides is 2. The minimum atomic E-state index is -2.81. The molecule has 0 radical (unpaired) electrons. The van der Waals surface area contributed by atoms with Gasteiger partial charge in [0.15, 0.2) is 0 Å². The molecular formula is C25H26F3N7O. The van der Waals surface area contributed by atoms with Gasteiger partial charge in [-0.3, -0.25) is 4.90 Å². The molecule has 0 atom stereocenters. The molecule has 11 heteroatoms. The van der Waals surface area contributed by atoms with E-state index in [-0.39, 0.29) is 11.7 Å². The van der Waals surface area contributed by atoms with E-state index in [1.807, 2.05) is 24.4 Å². The number of halogens is 3. The predicted molar refractivity (Wildman–Crippen MR) is 128 cm³/mol. The summed E-state index contributed by atoms with van der Waals surface area (Å²) in [5.41, 5.74) is 3.50. The predicted octanol–water partition coefficient (Wildman–Crippen LogP) is 4.65. The highest BCUT2D eigenvalue weighted by Gasteiger charge is 2.22. The standard InChI is InChI=1S/C25H26F3N7O/c1-16(2)33-9-11-34(12-10-33)22-13-19(7-8-20(22)26)21-15-35(32-29-21)14-17-3-5-18(6-4-17)24-30-31-25(36-24)23(27)28/h3-8,13,15-16,23H,9-12,14H2,1-2H3. The Hall–Kier alpha value is -3.73. The molecule has 0 saturated carbocycles. The van der Waals surface area contributed by atoms with Gasteiger partial charge >= 0.3 is 6.43 Å². The van der Waals surface area contributed by atoms with Crippen LogP contribution in [0.15, 0.2) is 53.1 Å². The molecular weight excluding hydrogens is 471 g/mol. The number of nitrogens with zero attached hydrogens (tertiary/aromatic N) is 7. The zero-order valence-corrected chi connectivity index (χ0v) is 20.0. The third-order valence-corrected chi connectivity index (χ3v) is 6.34. The highest BCUT2D eigenvalue weighted by atomic mass is 19.3. The SMILES string of the molecule is CC(C)N1CCN(c2cc(-c3cn(Cc4ccc(-c5nnc(C(F)F)o5)cc4)nn3)ccc2F)CC1. The van der Waals surface area contributed by atoms with Crippen molar-refractivity contribution in [2.24, 2.45) is 0 Å². The summed E-state index contributed by atoms with van der Waals surface area (Å²) in [6.07, 6.45) is -0.992. The van der Waals surface area contributed by atoms with Crippen molar-refractivity contribution in [1.82, 2.24) is 30.1 Å². The van der Waals surface area contributed by atoms with Crippen molar-refractivity contribution in [2.45, 2.75) is 32.9 Å². The van der Waals surface area contributed by atoms with Crippen LogP contribution in [0.25, 0.3) is 22.7 Å². The van der Waals surface area contributed by atoms with Gasteiger partial charge in [0.2, 0.25) is 5.89 Å². The third-order valence-electron chi connectivity index (χ3n) is 6.34. The Kier molecular flexibility index (Phi) is 6.73. The summed E-state index contributed by atoms with van der Waals surface area (Å²) in [7, 11) is 0. The molecule has 5 rings (SSSR count). The maximum absolute atomic E-state index is 14.7. The molecule has 188 valence electrons. The van der Waals surface area contributed by atoms with E-state index in [0.29, 0.717) is 29.5 Å². The van der Waals surface area contributed by atoms with Crippen molar-refractivity contribution in [1.29, 1.82) is 0 Å². The van der Waals surface area contributed by atoms with Gasteiger partial charge in [-0.05, 0) is 49.7 Å². The number of anilines is 1. The second-order valence-corrected chi connectivity index (χ2v) is 9.03. The molecule has 36 heavy (non-hydrogen) atoms. The Morgan fingerprint density at radius 3 is 2.31 bits per heavy atom. The van der Waals surface area contributed by atoms with Crippen molar-refractivity contribution >= 4 is 5.69 Å². The molecule has 1 aliphatic rings. The lowest BCUT2D eigenvalue weighted by Crippen LogP contribution is -2.49. The second-order valence-electron chi connectivity index (χ2n) is 9.03. The van der Waals surface area contributed by atoms with Crippen LogP contribution in [0, 0.1) is 5.82 Å². The molecule has 0 spiro atoms. The first kappa shape index (κ1) is 24.0. The van der Waals surface area contributed by atoms with Crippen LogP contribution in [0.4, 0.5) is 18.9 Å². The van der Waals surface area contributed by atoms with Crippen LogP contribution in [0.3, 0.4) is 0 Å². The molecule has 0 amide bonds. The van der Waals surface area contributed by atoms with Crippen LogP contribution in [0.2, 0.25) is 0 Å². The highest BCUT2D eigenvalue weighted by Crippen LogP contribution is 2.28. The topological polar surface area (TPSA) is 76.1 Å². The van der Waals surface area contributed by atoms with Gasteiger partial charge in [0, 0.05) is 43.3 Å². The Balaban J connectivity index is 1.27. The first-order chi connectivity index (χ1) is 17.4. The van der Waals surface area contributed by atoms with Crippen molar-refractivity contribution in [3.8, 4) is 22.7 Å². The molecule has 2 aromatic carbocycles. The molecule has 1 saturated heterocycles. The molecule has 0 bridgehead atoms. The molecule has 8 nitrogen and oxygen atoms in total. The summed E-state index contributed by atoms with van der Waals surface area (Å²) in [4.78, 5) is 4.47. The minimum absolute atomic E-state index is 0.0395. The second kappa shape index (κ2) is 10.1. The highest BCUT2D eigenvalue weighted by molar-refractivity contribution is 5.65. The summed E-state index contributed by atoms with van der Waals surface area (Å²) < 4.78 is 46.7. The van der Waals surface area contributed by atoms with Gasteiger partial charge in [0.05, 0.1) is 18.4 Å². The maximum Gasteiger partial charge on any atom is 0.314 e. The lowest BCUT2D eigenvalue weighted by atomic mass is 10.1. The summed E-state index contributed by atoms with van der Waals surface area (Å²) in [5.74, 6) is -0.908. The lowest BCUT2D eigenvalue weighted by Gasteiger charge is -2.38. The van der Waals surface area contributed by atoms with Gasteiger partial charge < -0.3 is 9.32 Å². The smallest absolute Gasteiger partial charge is 0.314 e. The van der Waals surface area contributed by atoms with E-state index >= 15 is 0 Å². The van der Waals surface area contributed by atoms with Crippen LogP contribution >= 0.6 is 0 Å². The van der Waals surface area contributed by atoms with E-state index in [9.17, 15) is 13.2 Å². The fourth-order valence-corrected chi connectivity index (χ4v) is 4.28. The first-order valence-corrected chi connectivity index (χ1v) is 11.8. The van der Waals surface area contributed by atoms with Crippen molar-refractivity contribution in [2.75, 3.05) is 31.1 Å². The molecule has 4 aromatic rings. The first-order valence-electron chi connectivity index (χ1n) is 11.8. The summed E-state index contributed by atoms with van der Waals surface area (Å²) in [6.45, 7) is 8.14. The van der Waals surface area contributed by atoms with Crippen molar-refractivity contribution < 1.29 is 17.6 Å². The monoisotopic (exact) mass is 497 g/mol. The molecule has 3 heterocycles. The molecule has 1 fully saturated rings. The van der Waals surface area contributed by atoms with E-state index in [4.69, 9.17) is 4.42 Å². The minimum Gasteiger partial charge on any atom is -0.415 e. The quantitative estimate of drug-likeness (QED) is 0.368. The van der Waals surface area contributed by atoms with E-state index in [0.717, 1.165) is 37.3 Å². The number of rotatable bonds is 7. The Bertz CT molecular complexity index is 1310. The Morgan fingerprint density at radius 1 is 0.917 bits per heavy atom. The summed E-state index contributed by atoms with van der Waals surface area (Å²) in [6, 6.07) is 12.6. The largest absolute Gasteiger partial charge is 0.415 e. The maximum atomic E-state index is 14.7. The van der Waals surface area contributed by atoms with Gasteiger partial charge in [0.1, 0.15) is 11.5 Å². The molecule has 0 N–H and O–H groups in total. The number of hydrogen-bond acceptors (Lipinski definition) is 7. The zero-order valence-electron chi connectivity index (χ0n) is 20.0. The summed E-state index contributed by atoms with van der Waals surface area (Å²) in [5, 5.41) is 15.5. The molecule has 2 aromatic heterocycles. The lowest BCUT2D eigenvalue weighted by molar-refractivity contribution is 0.116. The van der Waals surface area contributed by atoms with Crippen LogP contribution < -0.4 is 4.90 Å². The Morgan fingerprint density at radius 2 is 1.64 bits per heavy atom. The molecule has 0 aliphatic carbocycles. The molecule has 0 unspecified atom stereocenters. The van der Waals surface area contributed by atoms with Gasteiger partial charge in [-0.25, -0.2) is 9.07 Å². The van der Waals surface area contributed by atoms with E-state index in [2.05, 4.69) is 44.2 Å². The van der Waals surface area contributed by atoms with Crippen LogP contribution in [0.1, 0.15) is 31.7 Å². The molecule has 1 aliphatic heterocycles. The fourth-order valence-electron chi connectivity index (χ4n) is 4.28. The average Bonchev–Trinajstić information content (AvgIpc) is 3.55. The van der Waals surface area contributed by atoms with Crippen LogP contribution in [0.5, 0.6) is 0 Å². The fraction of sp³-hybridized carbons (Fsp3) is 0.360. The number of piperazine rings is 1. The van der Waals surface area contributed by atoms with Gasteiger partial charge in [0.25, 0.3) is 5.89 Å². The zero-order chi connectivity index (χ0) is 25.2. The van der Waals surface area contributed by atoms with Crippen LogP contribution in [-0.4, -0.2) is 62.3 Å². The summed E-state index contributed by atoms with van der Waals surface area (Å²) >= 11 is 0. The Labute approximate surface area is 206 Å². The van der Waals surface area contributed by atoms with Gasteiger partial charge in [-0.2, -0.15) is 8.78 Å². The van der Waals surface area contributed by atoms with Crippen molar-refractivity contribution in [3.05, 3.63) is 65.9 Å². The van der Waals surface area contributed by atoms with Crippen LogP contribution in [-0.2, 0) is 6.54 Å². The van der Waals surface area contributed by atoms with E-state index in [1.54, 1.807) is 22.9 Å². The van der Waals surface area contributed by atoms with Crippen molar-refractivity contribution in [3.63, 3.8) is 0 Å². The number of benzene rings is 2. The average molecular weight is 498 g/mol. The van der Waals surface area contributed by atoms with Gasteiger partial charge in [-0.15, -0.1) is 15.3 Å². The number of hydrogen-bond donors (Lipinski definition) is 0.